The van der Waals surface area contributed by atoms with E-state index in [9.17, 15) is 4.79 Å². The Balaban J connectivity index is 1.57. The predicted octanol–water partition coefficient (Wildman–Crippen LogP) is 3.99. The highest BCUT2D eigenvalue weighted by atomic mass is 35.5. The fraction of sp³-hybridized carbons (Fsp3) is 0.0556. The van der Waals surface area contributed by atoms with Crippen LogP contribution in [-0.2, 0) is 6.54 Å². The molecule has 1 aromatic heterocycles. The molecule has 0 fully saturated rings. The van der Waals surface area contributed by atoms with Crippen molar-refractivity contribution in [1.82, 2.24) is 10.2 Å². The molecule has 0 saturated carbocycles. The molecule has 0 unspecified atom stereocenters. The van der Waals surface area contributed by atoms with Crippen LogP contribution in [0.3, 0.4) is 0 Å². The summed E-state index contributed by atoms with van der Waals surface area (Å²) in [5.41, 5.74) is 1.66. The number of halogens is 1. The molecule has 3 rings (SSSR count). The predicted molar refractivity (Wildman–Crippen MR) is 95.2 cm³/mol. The molecular weight excluding hydrogens is 324 g/mol. The highest BCUT2D eigenvalue weighted by Crippen LogP contribution is 2.12. The summed E-state index contributed by atoms with van der Waals surface area (Å²) in [6.07, 6.45) is 0. The number of anilines is 2. The van der Waals surface area contributed by atoms with Crippen LogP contribution in [0, 0.1) is 0 Å². The van der Waals surface area contributed by atoms with Gasteiger partial charge >= 0.3 is 0 Å². The lowest BCUT2D eigenvalue weighted by atomic mass is 10.2. The summed E-state index contributed by atoms with van der Waals surface area (Å²) in [6.45, 7) is 0.613. The van der Waals surface area contributed by atoms with Gasteiger partial charge in [-0.25, -0.2) is 0 Å². The van der Waals surface area contributed by atoms with E-state index in [1.807, 2.05) is 42.5 Å². The topological polar surface area (TPSA) is 66.9 Å². The molecule has 0 radical (unpaired) electrons. The summed E-state index contributed by atoms with van der Waals surface area (Å²) in [6, 6.07) is 20.0. The standard InChI is InChI=1S/C18H15ClN4O/c19-15-8-6-13(7-9-15)12-20-16-10-11-17(23-22-16)21-18(24)14-4-2-1-3-5-14/h1-11H,12H2,(H,20,22)(H,21,23,24). The van der Waals surface area contributed by atoms with Crippen LogP contribution >= 0.6 is 11.6 Å². The molecule has 0 spiro atoms. The molecule has 24 heavy (non-hydrogen) atoms. The average Bonchev–Trinajstić information content (AvgIpc) is 2.63. The first-order chi connectivity index (χ1) is 11.7. The van der Waals surface area contributed by atoms with Crippen LogP contribution in [0.5, 0.6) is 0 Å². The number of hydrogen-bond acceptors (Lipinski definition) is 4. The van der Waals surface area contributed by atoms with Crippen molar-refractivity contribution in [1.29, 1.82) is 0 Å². The SMILES string of the molecule is O=C(Nc1ccc(NCc2ccc(Cl)cc2)nn1)c1ccccc1. The van der Waals surface area contributed by atoms with Gasteiger partial charge in [-0.1, -0.05) is 41.9 Å². The largest absolute Gasteiger partial charge is 0.365 e. The van der Waals surface area contributed by atoms with Crippen molar-refractivity contribution < 1.29 is 4.79 Å². The fourth-order valence-corrected chi connectivity index (χ4v) is 2.19. The number of carbonyl (C=O) groups is 1. The van der Waals surface area contributed by atoms with Gasteiger partial charge in [-0.2, -0.15) is 0 Å². The van der Waals surface area contributed by atoms with Crippen LogP contribution in [0.15, 0.2) is 66.7 Å². The van der Waals surface area contributed by atoms with E-state index in [1.54, 1.807) is 24.3 Å². The first-order valence-corrected chi connectivity index (χ1v) is 7.77. The number of nitrogens with zero attached hydrogens (tertiary/aromatic N) is 2. The van der Waals surface area contributed by atoms with Crippen molar-refractivity contribution in [2.75, 3.05) is 10.6 Å². The molecule has 3 aromatic rings. The third-order valence-corrected chi connectivity index (χ3v) is 3.58. The molecule has 120 valence electrons. The zero-order chi connectivity index (χ0) is 16.8. The second-order valence-corrected chi connectivity index (χ2v) is 5.54. The number of carbonyl (C=O) groups excluding carboxylic acids is 1. The minimum atomic E-state index is -0.216. The van der Waals surface area contributed by atoms with E-state index < -0.39 is 0 Å². The lowest BCUT2D eigenvalue weighted by molar-refractivity contribution is 0.102. The third-order valence-electron chi connectivity index (χ3n) is 3.33. The Kier molecular flexibility index (Phi) is 5.03. The van der Waals surface area contributed by atoms with E-state index in [1.165, 1.54) is 0 Å². The highest BCUT2D eigenvalue weighted by molar-refractivity contribution is 6.30. The number of rotatable bonds is 5. The molecule has 1 heterocycles. The number of hydrogen-bond donors (Lipinski definition) is 2. The number of aromatic nitrogens is 2. The summed E-state index contributed by atoms with van der Waals surface area (Å²) in [5.74, 6) is 0.815. The normalized spacial score (nSPS) is 10.2. The van der Waals surface area contributed by atoms with Gasteiger partial charge in [0.2, 0.25) is 0 Å². The monoisotopic (exact) mass is 338 g/mol. The van der Waals surface area contributed by atoms with Gasteiger partial charge in [0.15, 0.2) is 5.82 Å². The van der Waals surface area contributed by atoms with Gasteiger partial charge in [-0.05, 0) is 42.0 Å². The van der Waals surface area contributed by atoms with E-state index in [-0.39, 0.29) is 5.91 Å². The third kappa shape index (κ3) is 4.30. The molecule has 0 bridgehead atoms. The lowest BCUT2D eigenvalue weighted by Gasteiger charge is -2.07. The molecule has 0 atom stereocenters. The minimum Gasteiger partial charge on any atom is -0.365 e. The van der Waals surface area contributed by atoms with E-state index in [0.29, 0.717) is 28.8 Å². The molecule has 6 heteroatoms. The van der Waals surface area contributed by atoms with Crippen molar-refractivity contribution in [2.24, 2.45) is 0 Å². The van der Waals surface area contributed by atoms with E-state index >= 15 is 0 Å². The number of nitrogens with one attached hydrogen (secondary N) is 2. The van der Waals surface area contributed by atoms with Crippen LogP contribution in [0.25, 0.3) is 0 Å². The van der Waals surface area contributed by atoms with Gasteiger partial charge in [-0.15, -0.1) is 10.2 Å². The molecular formula is C18H15ClN4O. The fourth-order valence-electron chi connectivity index (χ4n) is 2.07. The Bertz CT molecular complexity index is 805. The summed E-state index contributed by atoms with van der Waals surface area (Å²) in [4.78, 5) is 12.0. The molecule has 0 aliphatic rings. The quantitative estimate of drug-likeness (QED) is 0.738. The zero-order valence-corrected chi connectivity index (χ0v) is 13.5. The van der Waals surface area contributed by atoms with Crippen molar-refractivity contribution in [3.8, 4) is 0 Å². The Labute approximate surface area is 144 Å². The molecule has 0 aliphatic carbocycles. The maximum Gasteiger partial charge on any atom is 0.256 e. The zero-order valence-electron chi connectivity index (χ0n) is 12.7. The maximum atomic E-state index is 12.0. The average molecular weight is 339 g/mol. The van der Waals surface area contributed by atoms with Gasteiger partial charge in [0.05, 0.1) is 0 Å². The molecule has 2 aromatic carbocycles. The lowest BCUT2D eigenvalue weighted by Crippen LogP contribution is -2.13. The van der Waals surface area contributed by atoms with E-state index in [0.717, 1.165) is 5.56 Å². The van der Waals surface area contributed by atoms with Gasteiger partial charge < -0.3 is 10.6 Å². The summed E-state index contributed by atoms with van der Waals surface area (Å²) >= 11 is 5.85. The van der Waals surface area contributed by atoms with Crippen molar-refractivity contribution >= 4 is 29.1 Å². The van der Waals surface area contributed by atoms with Crippen LogP contribution in [0.4, 0.5) is 11.6 Å². The van der Waals surface area contributed by atoms with Gasteiger partial charge in [0, 0.05) is 17.1 Å². The van der Waals surface area contributed by atoms with Crippen LogP contribution in [0.2, 0.25) is 5.02 Å². The first-order valence-electron chi connectivity index (χ1n) is 7.39. The van der Waals surface area contributed by atoms with Crippen molar-refractivity contribution in [3.63, 3.8) is 0 Å². The Morgan fingerprint density at radius 2 is 1.54 bits per heavy atom. The number of amides is 1. The molecule has 0 saturated heterocycles. The Hall–Kier alpha value is -2.92. The smallest absolute Gasteiger partial charge is 0.256 e. The maximum absolute atomic E-state index is 12.0. The van der Waals surface area contributed by atoms with Crippen molar-refractivity contribution in [3.05, 3.63) is 82.9 Å². The Morgan fingerprint density at radius 3 is 2.21 bits per heavy atom. The highest BCUT2D eigenvalue weighted by Gasteiger charge is 2.06. The van der Waals surface area contributed by atoms with Crippen LogP contribution in [0.1, 0.15) is 15.9 Å². The number of benzene rings is 2. The van der Waals surface area contributed by atoms with E-state index in [2.05, 4.69) is 20.8 Å². The van der Waals surface area contributed by atoms with Crippen LogP contribution < -0.4 is 10.6 Å². The molecule has 0 aliphatic heterocycles. The molecule has 2 N–H and O–H groups in total. The first kappa shape index (κ1) is 16.0. The molecule has 1 amide bonds. The minimum absolute atomic E-state index is 0.216. The van der Waals surface area contributed by atoms with Crippen molar-refractivity contribution in [2.45, 2.75) is 6.54 Å². The Morgan fingerprint density at radius 1 is 0.875 bits per heavy atom. The second kappa shape index (κ2) is 7.57. The van der Waals surface area contributed by atoms with Crippen LogP contribution in [-0.4, -0.2) is 16.1 Å². The second-order valence-electron chi connectivity index (χ2n) is 5.10. The summed E-state index contributed by atoms with van der Waals surface area (Å²) in [5, 5.41) is 14.6. The summed E-state index contributed by atoms with van der Waals surface area (Å²) < 4.78 is 0. The van der Waals surface area contributed by atoms with Gasteiger partial charge in [0.25, 0.3) is 5.91 Å². The van der Waals surface area contributed by atoms with Gasteiger partial charge in [0.1, 0.15) is 5.82 Å². The van der Waals surface area contributed by atoms with E-state index in [4.69, 9.17) is 11.6 Å². The summed E-state index contributed by atoms with van der Waals surface area (Å²) in [7, 11) is 0. The molecule has 5 nitrogen and oxygen atoms in total. The van der Waals surface area contributed by atoms with Gasteiger partial charge in [-0.3, -0.25) is 4.79 Å².